The van der Waals surface area contributed by atoms with Crippen LogP contribution in [-0.2, 0) is 20.0 Å². The van der Waals surface area contributed by atoms with E-state index >= 15 is 0 Å². The van der Waals surface area contributed by atoms with Crippen LogP contribution >= 0.6 is 0 Å². The molecular formula is C18H21N3. The molecule has 0 aliphatic rings. The molecule has 1 heterocycles. The van der Waals surface area contributed by atoms with E-state index in [1.54, 1.807) is 0 Å². The average Bonchev–Trinajstić information content (AvgIpc) is 2.85. The van der Waals surface area contributed by atoms with Crippen molar-refractivity contribution in [2.75, 3.05) is 6.54 Å². The molecule has 3 nitrogen and oxygen atoms in total. The third kappa shape index (κ3) is 3.31. The van der Waals surface area contributed by atoms with E-state index in [0.29, 0.717) is 0 Å². The summed E-state index contributed by atoms with van der Waals surface area (Å²) in [5, 5.41) is 3.49. The highest BCUT2D eigenvalue weighted by Gasteiger charge is 2.06. The first-order valence-corrected chi connectivity index (χ1v) is 7.49. The first kappa shape index (κ1) is 13.8. The third-order valence-electron chi connectivity index (χ3n) is 3.81. The minimum Gasteiger partial charge on any atom is -0.331 e. The molecule has 2 aromatic carbocycles. The summed E-state index contributed by atoms with van der Waals surface area (Å²) in [6, 6.07) is 18.8. The number of benzene rings is 2. The fraction of sp³-hybridized carbons (Fsp3) is 0.278. The summed E-state index contributed by atoms with van der Waals surface area (Å²) < 4.78 is 2.20. The van der Waals surface area contributed by atoms with Gasteiger partial charge in [-0.05, 0) is 30.7 Å². The fourth-order valence-electron chi connectivity index (χ4n) is 2.62. The predicted molar refractivity (Wildman–Crippen MR) is 87.2 cm³/mol. The van der Waals surface area contributed by atoms with Crippen LogP contribution in [0.15, 0.2) is 54.6 Å². The predicted octanol–water partition coefficient (Wildman–Crippen LogP) is 3.30. The maximum atomic E-state index is 4.70. The van der Waals surface area contributed by atoms with Crippen LogP contribution < -0.4 is 5.32 Å². The summed E-state index contributed by atoms with van der Waals surface area (Å²) in [5.41, 5.74) is 3.64. The van der Waals surface area contributed by atoms with Gasteiger partial charge in [0.2, 0.25) is 0 Å². The number of para-hydroxylation sites is 2. The lowest BCUT2D eigenvalue weighted by atomic mass is 10.2. The molecule has 0 saturated heterocycles. The normalized spacial score (nSPS) is 11.1. The van der Waals surface area contributed by atoms with Crippen LogP contribution in [0.1, 0.15) is 17.8 Å². The SMILES string of the molecule is Cn1c(CCCNCc2ccccc2)nc2ccccc21. The van der Waals surface area contributed by atoms with Gasteiger partial charge < -0.3 is 9.88 Å². The molecule has 21 heavy (non-hydrogen) atoms. The van der Waals surface area contributed by atoms with Crippen LogP contribution in [-0.4, -0.2) is 16.1 Å². The summed E-state index contributed by atoms with van der Waals surface area (Å²) in [6.07, 6.45) is 2.11. The number of rotatable bonds is 6. The molecule has 0 fully saturated rings. The summed E-state index contributed by atoms with van der Waals surface area (Å²) in [5.74, 6) is 1.16. The Hall–Kier alpha value is -2.13. The Morgan fingerprint density at radius 1 is 1.00 bits per heavy atom. The van der Waals surface area contributed by atoms with E-state index in [2.05, 4.69) is 65.5 Å². The third-order valence-corrected chi connectivity index (χ3v) is 3.81. The van der Waals surface area contributed by atoms with Gasteiger partial charge in [-0.1, -0.05) is 42.5 Å². The summed E-state index contributed by atoms with van der Waals surface area (Å²) >= 11 is 0. The van der Waals surface area contributed by atoms with Crippen molar-refractivity contribution in [2.45, 2.75) is 19.4 Å². The Kier molecular flexibility index (Phi) is 4.31. The van der Waals surface area contributed by atoms with Crippen LogP contribution in [0, 0.1) is 0 Å². The highest BCUT2D eigenvalue weighted by molar-refractivity contribution is 5.75. The van der Waals surface area contributed by atoms with Gasteiger partial charge in [0.25, 0.3) is 0 Å². The Morgan fingerprint density at radius 3 is 2.57 bits per heavy atom. The summed E-state index contributed by atoms with van der Waals surface area (Å²) in [7, 11) is 2.10. The van der Waals surface area contributed by atoms with E-state index in [-0.39, 0.29) is 0 Å². The van der Waals surface area contributed by atoms with Crippen molar-refractivity contribution in [1.29, 1.82) is 0 Å². The molecule has 1 N–H and O–H groups in total. The number of aromatic nitrogens is 2. The van der Waals surface area contributed by atoms with Crippen molar-refractivity contribution in [3.8, 4) is 0 Å². The molecule has 3 rings (SSSR count). The van der Waals surface area contributed by atoms with Gasteiger partial charge in [-0.15, -0.1) is 0 Å². The molecular weight excluding hydrogens is 258 g/mol. The van der Waals surface area contributed by atoms with Crippen LogP contribution in [0.3, 0.4) is 0 Å². The highest BCUT2D eigenvalue weighted by Crippen LogP contribution is 2.15. The standard InChI is InChI=1S/C18H21N3/c1-21-17-11-6-5-10-16(17)20-18(21)12-7-13-19-14-15-8-3-2-4-9-15/h2-6,8-11,19H,7,12-14H2,1H3. The second kappa shape index (κ2) is 6.55. The van der Waals surface area contributed by atoms with Gasteiger partial charge in [0, 0.05) is 20.0 Å². The van der Waals surface area contributed by atoms with Crippen molar-refractivity contribution in [3.63, 3.8) is 0 Å². The zero-order valence-corrected chi connectivity index (χ0v) is 12.4. The second-order valence-electron chi connectivity index (χ2n) is 5.34. The zero-order valence-electron chi connectivity index (χ0n) is 12.4. The van der Waals surface area contributed by atoms with Crippen LogP contribution in [0.25, 0.3) is 11.0 Å². The number of fused-ring (bicyclic) bond motifs is 1. The fourth-order valence-corrected chi connectivity index (χ4v) is 2.62. The summed E-state index contributed by atoms with van der Waals surface area (Å²) in [4.78, 5) is 4.70. The van der Waals surface area contributed by atoms with Crippen molar-refractivity contribution in [2.24, 2.45) is 7.05 Å². The smallest absolute Gasteiger partial charge is 0.109 e. The van der Waals surface area contributed by atoms with Gasteiger partial charge in [-0.3, -0.25) is 0 Å². The molecule has 0 amide bonds. The van der Waals surface area contributed by atoms with Gasteiger partial charge in [0.05, 0.1) is 11.0 Å². The average molecular weight is 279 g/mol. The van der Waals surface area contributed by atoms with Crippen molar-refractivity contribution >= 4 is 11.0 Å². The van der Waals surface area contributed by atoms with Gasteiger partial charge in [-0.25, -0.2) is 4.98 Å². The van der Waals surface area contributed by atoms with Crippen LogP contribution in [0.4, 0.5) is 0 Å². The minimum atomic E-state index is 0.934. The first-order valence-electron chi connectivity index (χ1n) is 7.49. The van der Waals surface area contributed by atoms with Crippen LogP contribution in [0.2, 0.25) is 0 Å². The van der Waals surface area contributed by atoms with Crippen molar-refractivity contribution in [1.82, 2.24) is 14.9 Å². The van der Waals surface area contributed by atoms with Crippen molar-refractivity contribution in [3.05, 3.63) is 66.0 Å². The minimum absolute atomic E-state index is 0.934. The van der Waals surface area contributed by atoms with E-state index < -0.39 is 0 Å². The van der Waals surface area contributed by atoms with Gasteiger partial charge in [-0.2, -0.15) is 0 Å². The van der Waals surface area contributed by atoms with E-state index in [1.165, 1.54) is 11.1 Å². The van der Waals surface area contributed by atoms with Crippen molar-refractivity contribution < 1.29 is 0 Å². The number of hydrogen-bond donors (Lipinski definition) is 1. The molecule has 3 aromatic rings. The largest absolute Gasteiger partial charge is 0.331 e. The molecule has 0 bridgehead atoms. The molecule has 0 saturated carbocycles. The van der Waals surface area contributed by atoms with E-state index in [9.17, 15) is 0 Å². The second-order valence-corrected chi connectivity index (χ2v) is 5.34. The monoisotopic (exact) mass is 279 g/mol. The summed E-state index contributed by atoms with van der Waals surface area (Å²) in [6.45, 7) is 1.95. The zero-order chi connectivity index (χ0) is 14.5. The maximum absolute atomic E-state index is 4.70. The molecule has 0 aliphatic heterocycles. The molecule has 0 spiro atoms. The molecule has 1 aromatic heterocycles. The number of nitrogens with one attached hydrogen (secondary N) is 1. The molecule has 108 valence electrons. The number of aryl methyl sites for hydroxylation is 2. The van der Waals surface area contributed by atoms with E-state index in [4.69, 9.17) is 4.98 Å². The van der Waals surface area contributed by atoms with Gasteiger partial charge >= 0.3 is 0 Å². The molecule has 3 heteroatoms. The Morgan fingerprint density at radius 2 is 1.76 bits per heavy atom. The van der Waals surface area contributed by atoms with Gasteiger partial charge in [0.15, 0.2) is 0 Å². The number of hydrogen-bond acceptors (Lipinski definition) is 2. The molecule has 0 atom stereocenters. The molecule has 0 unspecified atom stereocenters. The lowest BCUT2D eigenvalue weighted by Gasteiger charge is -2.05. The first-order chi connectivity index (χ1) is 10.3. The Bertz CT molecular complexity index is 701. The van der Waals surface area contributed by atoms with Gasteiger partial charge in [0.1, 0.15) is 5.82 Å². The van der Waals surface area contributed by atoms with E-state index in [0.717, 1.165) is 37.3 Å². The molecule has 0 radical (unpaired) electrons. The molecule has 0 aliphatic carbocycles. The topological polar surface area (TPSA) is 29.9 Å². The lowest BCUT2D eigenvalue weighted by molar-refractivity contribution is 0.631. The highest BCUT2D eigenvalue weighted by atomic mass is 15.1. The Labute approximate surface area is 125 Å². The quantitative estimate of drug-likeness (QED) is 0.702. The van der Waals surface area contributed by atoms with Crippen LogP contribution in [0.5, 0.6) is 0 Å². The van der Waals surface area contributed by atoms with E-state index in [1.807, 2.05) is 6.07 Å². The Balaban J connectivity index is 1.49. The maximum Gasteiger partial charge on any atom is 0.109 e. The lowest BCUT2D eigenvalue weighted by Crippen LogP contribution is -2.15. The number of nitrogens with zero attached hydrogens (tertiary/aromatic N) is 2. The number of imidazole rings is 1.